The molecule has 23 heavy (non-hydrogen) atoms. The van der Waals surface area contributed by atoms with Gasteiger partial charge in [-0.25, -0.2) is 0 Å². The van der Waals surface area contributed by atoms with Gasteiger partial charge in [-0.2, -0.15) is 0 Å². The molecule has 0 bridgehead atoms. The Kier molecular flexibility index (Phi) is 4.96. The highest BCUT2D eigenvalue weighted by molar-refractivity contribution is 5.84. The normalized spacial score (nSPS) is 21.2. The van der Waals surface area contributed by atoms with E-state index in [0.717, 1.165) is 37.8 Å². The summed E-state index contributed by atoms with van der Waals surface area (Å²) in [6.45, 7) is 1.85. The molecule has 124 valence electrons. The smallest absolute Gasteiger partial charge is 0.237 e. The van der Waals surface area contributed by atoms with Gasteiger partial charge in [-0.15, -0.1) is 0 Å². The van der Waals surface area contributed by atoms with E-state index in [9.17, 15) is 9.59 Å². The van der Waals surface area contributed by atoms with Crippen LogP contribution < -0.4 is 5.32 Å². The van der Waals surface area contributed by atoms with Crippen LogP contribution >= 0.6 is 0 Å². The van der Waals surface area contributed by atoms with Gasteiger partial charge in [-0.1, -0.05) is 30.3 Å². The maximum Gasteiger partial charge on any atom is 0.237 e. The molecule has 0 spiro atoms. The van der Waals surface area contributed by atoms with Crippen molar-refractivity contribution in [3.05, 3.63) is 35.9 Å². The van der Waals surface area contributed by atoms with Gasteiger partial charge >= 0.3 is 0 Å². The SMILES string of the molecule is CNC(=O)[C@@H]1CCCN1CC(=O)N(Cc1ccccc1)C1CC1. The van der Waals surface area contributed by atoms with E-state index in [1.807, 2.05) is 28.0 Å². The highest BCUT2D eigenvalue weighted by atomic mass is 16.2. The van der Waals surface area contributed by atoms with E-state index in [4.69, 9.17) is 0 Å². The Morgan fingerprint density at radius 3 is 2.61 bits per heavy atom. The second-order valence-corrected chi connectivity index (χ2v) is 6.48. The first-order chi connectivity index (χ1) is 11.2. The minimum Gasteiger partial charge on any atom is -0.358 e. The maximum absolute atomic E-state index is 12.8. The zero-order valence-electron chi connectivity index (χ0n) is 13.7. The van der Waals surface area contributed by atoms with Crippen LogP contribution in [0.1, 0.15) is 31.2 Å². The van der Waals surface area contributed by atoms with Crippen molar-refractivity contribution in [2.45, 2.75) is 44.3 Å². The Balaban J connectivity index is 1.64. The molecule has 0 aromatic heterocycles. The Hall–Kier alpha value is -1.88. The largest absolute Gasteiger partial charge is 0.358 e. The third-order valence-corrected chi connectivity index (χ3v) is 4.75. The first-order valence-corrected chi connectivity index (χ1v) is 8.48. The van der Waals surface area contributed by atoms with Crippen LogP contribution in [0.5, 0.6) is 0 Å². The van der Waals surface area contributed by atoms with Gasteiger partial charge < -0.3 is 10.2 Å². The number of hydrogen-bond donors (Lipinski definition) is 1. The molecule has 3 rings (SSSR count). The van der Waals surface area contributed by atoms with E-state index in [-0.39, 0.29) is 17.9 Å². The fourth-order valence-electron chi connectivity index (χ4n) is 3.33. The van der Waals surface area contributed by atoms with Crippen molar-refractivity contribution >= 4 is 11.8 Å². The van der Waals surface area contributed by atoms with Crippen molar-refractivity contribution in [1.82, 2.24) is 15.1 Å². The summed E-state index contributed by atoms with van der Waals surface area (Å²) in [7, 11) is 1.66. The van der Waals surface area contributed by atoms with Crippen LogP contribution in [0.15, 0.2) is 30.3 Å². The second-order valence-electron chi connectivity index (χ2n) is 6.48. The predicted octanol–water partition coefficient (Wildman–Crippen LogP) is 1.39. The number of rotatable bonds is 6. The highest BCUT2D eigenvalue weighted by Crippen LogP contribution is 2.29. The molecule has 0 unspecified atom stereocenters. The summed E-state index contributed by atoms with van der Waals surface area (Å²) in [6, 6.07) is 10.4. The predicted molar refractivity (Wildman–Crippen MR) is 88.7 cm³/mol. The van der Waals surface area contributed by atoms with Crippen LogP contribution in [0.25, 0.3) is 0 Å². The van der Waals surface area contributed by atoms with Crippen LogP contribution in [0.3, 0.4) is 0 Å². The molecular weight excluding hydrogens is 290 g/mol. The molecule has 5 heteroatoms. The van der Waals surface area contributed by atoms with Gasteiger partial charge in [0, 0.05) is 19.6 Å². The van der Waals surface area contributed by atoms with Gasteiger partial charge in [0.2, 0.25) is 11.8 Å². The van der Waals surface area contributed by atoms with Gasteiger partial charge in [-0.05, 0) is 37.8 Å². The summed E-state index contributed by atoms with van der Waals surface area (Å²) in [4.78, 5) is 28.8. The van der Waals surface area contributed by atoms with Crippen LogP contribution in [0.2, 0.25) is 0 Å². The minimum atomic E-state index is -0.151. The number of likely N-dealkylation sites (tertiary alicyclic amines) is 1. The Morgan fingerprint density at radius 2 is 1.96 bits per heavy atom. The number of likely N-dealkylation sites (N-methyl/N-ethyl adjacent to an activating group) is 1. The lowest BCUT2D eigenvalue weighted by molar-refractivity contribution is -0.135. The van der Waals surface area contributed by atoms with Crippen molar-refractivity contribution in [3.63, 3.8) is 0 Å². The van der Waals surface area contributed by atoms with Crippen molar-refractivity contribution in [2.24, 2.45) is 0 Å². The average molecular weight is 315 g/mol. The quantitative estimate of drug-likeness (QED) is 0.863. The fraction of sp³-hybridized carbons (Fsp3) is 0.556. The molecule has 1 heterocycles. The van der Waals surface area contributed by atoms with Crippen LogP contribution in [0.4, 0.5) is 0 Å². The lowest BCUT2D eigenvalue weighted by atomic mass is 10.2. The lowest BCUT2D eigenvalue weighted by Gasteiger charge is -2.28. The molecule has 1 aromatic carbocycles. The molecule has 1 N–H and O–H groups in total. The van der Waals surface area contributed by atoms with E-state index in [2.05, 4.69) is 17.4 Å². The molecule has 1 atom stereocenters. The number of nitrogens with zero attached hydrogens (tertiary/aromatic N) is 2. The number of hydrogen-bond acceptors (Lipinski definition) is 3. The van der Waals surface area contributed by atoms with Gasteiger partial charge in [0.05, 0.1) is 12.6 Å². The third kappa shape index (κ3) is 3.91. The molecule has 5 nitrogen and oxygen atoms in total. The van der Waals surface area contributed by atoms with Gasteiger partial charge in [0.1, 0.15) is 0 Å². The van der Waals surface area contributed by atoms with Crippen molar-refractivity contribution in [3.8, 4) is 0 Å². The molecule has 1 saturated heterocycles. The monoisotopic (exact) mass is 315 g/mol. The van der Waals surface area contributed by atoms with E-state index in [1.165, 1.54) is 0 Å². The van der Waals surface area contributed by atoms with Crippen molar-refractivity contribution in [2.75, 3.05) is 20.1 Å². The molecule has 2 aliphatic rings. The molecule has 2 fully saturated rings. The number of nitrogens with one attached hydrogen (secondary N) is 1. The third-order valence-electron chi connectivity index (χ3n) is 4.75. The number of carbonyl (C=O) groups excluding carboxylic acids is 2. The van der Waals surface area contributed by atoms with Gasteiger partial charge in [-0.3, -0.25) is 14.5 Å². The average Bonchev–Trinajstić information content (AvgIpc) is 3.31. The molecular formula is C18H25N3O2. The minimum absolute atomic E-state index is 0.0244. The van der Waals surface area contributed by atoms with Crippen LogP contribution in [-0.2, 0) is 16.1 Å². The lowest BCUT2D eigenvalue weighted by Crippen LogP contribution is -2.47. The summed E-state index contributed by atoms with van der Waals surface area (Å²) in [6.07, 6.45) is 4.01. The molecule has 1 aromatic rings. The first-order valence-electron chi connectivity index (χ1n) is 8.48. The van der Waals surface area contributed by atoms with Crippen LogP contribution in [-0.4, -0.2) is 53.8 Å². The van der Waals surface area contributed by atoms with E-state index in [1.54, 1.807) is 7.05 Å². The molecule has 1 aliphatic carbocycles. The topological polar surface area (TPSA) is 52.7 Å². The standard InChI is InChI=1S/C18H25N3O2/c1-19-18(23)16-8-5-11-20(16)13-17(22)21(15-9-10-15)12-14-6-3-2-4-7-14/h2-4,6-7,15-16H,5,8-13H2,1H3,(H,19,23)/t16-/m0/s1. The summed E-state index contributed by atoms with van der Waals surface area (Å²) >= 11 is 0. The van der Waals surface area contributed by atoms with E-state index in [0.29, 0.717) is 19.1 Å². The van der Waals surface area contributed by atoms with Crippen molar-refractivity contribution in [1.29, 1.82) is 0 Å². The number of benzene rings is 1. The van der Waals surface area contributed by atoms with Crippen LogP contribution in [0, 0.1) is 0 Å². The molecule has 0 radical (unpaired) electrons. The first kappa shape index (κ1) is 16.0. The van der Waals surface area contributed by atoms with Gasteiger partial charge in [0.25, 0.3) is 0 Å². The summed E-state index contributed by atoms with van der Waals surface area (Å²) in [5.74, 6) is 0.170. The number of amides is 2. The molecule has 1 saturated carbocycles. The molecule has 1 aliphatic heterocycles. The zero-order chi connectivity index (χ0) is 16.2. The van der Waals surface area contributed by atoms with Crippen molar-refractivity contribution < 1.29 is 9.59 Å². The summed E-state index contributed by atoms with van der Waals surface area (Å²) in [5, 5.41) is 2.71. The maximum atomic E-state index is 12.8. The summed E-state index contributed by atoms with van der Waals surface area (Å²) < 4.78 is 0. The zero-order valence-corrected chi connectivity index (χ0v) is 13.7. The van der Waals surface area contributed by atoms with E-state index >= 15 is 0 Å². The van der Waals surface area contributed by atoms with E-state index < -0.39 is 0 Å². The Morgan fingerprint density at radius 1 is 1.22 bits per heavy atom. The molecule has 2 amide bonds. The Bertz CT molecular complexity index is 557. The fourth-order valence-corrected chi connectivity index (χ4v) is 3.33. The van der Waals surface area contributed by atoms with Gasteiger partial charge in [0.15, 0.2) is 0 Å². The second kappa shape index (κ2) is 7.13. The highest BCUT2D eigenvalue weighted by Gasteiger charge is 2.36. The Labute approximate surface area is 137 Å². The number of carbonyl (C=O) groups is 2. The summed E-state index contributed by atoms with van der Waals surface area (Å²) in [5.41, 5.74) is 1.16.